The van der Waals surface area contributed by atoms with Gasteiger partial charge in [0.05, 0.1) is 18.9 Å². The van der Waals surface area contributed by atoms with Gasteiger partial charge in [0.1, 0.15) is 18.1 Å². The molecule has 0 bridgehead atoms. The van der Waals surface area contributed by atoms with Gasteiger partial charge in [-0.2, -0.15) is 0 Å². The van der Waals surface area contributed by atoms with Crippen LogP contribution in [0.3, 0.4) is 0 Å². The van der Waals surface area contributed by atoms with E-state index in [-0.39, 0.29) is 6.04 Å². The predicted octanol–water partition coefficient (Wildman–Crippen LogP) is 2.66. The molecule has 0 saturated carbocycles. The van der Waals surface area contributed by atoms with Gasteiger partial charge < -0.3 is 19.6 Å². The summed E-state index contributed by atoms with van der Waals surface area (Å²) < 4.78 is 16.0. The molecular weight excluding hydrogens is 242 g/mol. The van der Waals surface area contributed by atoms with E-state index in [0.717, 1.165) is 22.6 Å². The zero-order valence-electron chi connectivity index (χ0n) is 11.3. The largest absolute Gasteiger partial charge is 0.491 e. The Morgan fingerprint density at radius 3 is 2.63 bits per heavy atom. The molecule has 2 N–H and O–H groups in total. The van der Waals surface area contributed by atoms with Crippen LogP contribution in [0.5, 0.6) is 5.75 Å². The molecular formula is C15H19NO3. The van der Waals surface area contributed by atoms with Crippen LogP contribution in [0.1, 0.15) is 22.9 Å². The molecule has 1 heterocycles. The maximum atomic E-state index is 6.30. The summed E-state index contributed by atoms with van der Waals surface area (Å²) in [6.45, 7) is 2.96. The monoisotopic (exact) mass is 261 g/mol. The molecule has 1 aromatic carbocycles. The van der Waals surface area contributed by atoms with E-state index in [1.165, 1.54) is 0 Å². The van der Waals surface area contributed by atoms with Crippen LogP contribution in [-0.4, -0.2) is 20.3 Å². The number of nitrogens with two attached hydrogens (primary N) is 1. The van der Waals surface area contributed by atoms with Crippen molar-refractivity contribution in [3.63, 3.8) is 0 Å². The van der Waals surface area contributed by atoms with Crippen molar-refractivity contribution >= 4 is 0 Å². The lowest BCUT2D eigenvalue weighted by atomic mass is 9.99. The first-order chi connectivity index (χ1) is 9.24. The fourth-order valence-electron chi connectivity index (χ4n) is 1.99. The van der Waals surface area contributed by atoms with Crippen LogP contribution < -0.4 is 10.5 Å². The topological polar surface area (TPSA) is 57.6 Å². The first kappa shape index (κ1) is 13.6. The van der Waals surface area contributed by atoms with Crippen molar-refractivity contribution in [3.05, 3.63) is 53.5 Å². The quantitative estimate of drug-likeness (QED) is 0.812. The van der Waals surface area contributed by atoms with Crippen molar-refractivity contribution in [2.24, 2.45) is 5.73 Å². The van der Waals surface area contributed by atoms with Crippen molar-refractivity contribution in [1.82, 2.24) is 0 Å². The Balaban J connectivity index is 2.21. The van der Waals surface area contributed by atoms with Gasteiger partial charge in [0.25, 0.3) is 0 Å². The number of aryl methyl sites for hydroxylation is 1. The summed E-state index contributed by atoms with van der Waals surface area (Å²) in [6.07, 6.45) is 1.65. The van der Waals surface area contributed by atoms with E-state index in [2.05, 4.69) is 0 Å². The van der Waals surface area contributed by atoms with Crippen LogP contribution >= 0.6 is 0 Å². The van der Waals surface area contributed by atoms with Gasteiger partial charge in [-0.05, 0) is 19.1 Å². The molecule has 19 heavy (non-hydrogen) atoms. The van der Waals surface area contributed by atoms with E-state index >= 15 is 0 Å². The first-order valence-electron chi connectivity index (χ1n) is 6.24. The lowest BCUT2D eigenvalue weighted by Gasteiger charge is -2.16. The van der Waals surface area contributed by atoms with E-state index in [1.807, 2.05) is 37.3 Å². The van der Waals surface area contributed by atoms with Crippen LogP contribution in [-0.2, 0) is 4.74 Å². The second-order valence-electron chi connectivity index (χ2n) is 4.29. The smallest absolute Gasteiger partial charge is 0.124 e. The number of benzene rings is 1. The minimum absolute atomic E-state index is 0.252. The lowest BCUT2D eigenvalue weighted by Crippen LogP contribution is -2.14. The summed E-state index contributed by atoms with van der Waals surface area (Å²) in [6, 6.07) is 9.41. The Morgan fingerprint density at radius 2 is 1.95 bits per heavy atom. The summed E-state index contributed by atoms with van der Waals surface area (Å²) in [4.78, 5) is 0. The van der Waals surface area contributed by atoms with E-state index in [4.69, 9.17) is 19.6 Å². The van der Waals surface area contributed by atoms with Gasteiger partial charge in [0.15, 0.2) is 0 Å². The summed E-state index contributed by atoms with van der Waals surface area (Å²) >= 11 is 0. The number of hydrogen-bond acceptors (Lipinski definition) is 4. The highest BCUT2D eigenvalue weighted by Crippen LogP contribution is 2.30. The number of furan rings is 1. The molecule has 4 nitrogen and oxygen atoms in total. The van der Waals surface area contributed by atoms with Gasteiger partial charge in [-0.15, -0.1) is 0 Å². The van der Waals surface area contributed by atoms with Crippen LogP contribution in [0.25, 0.3) is 0 Å². The van der Waals surface area contributed by atoms with Crippen LogP contribution in [0.4, 0.5) is 0 Å². The molecule has 0 spiro atoms. The zero-order chi connectivity index (χ0) is 13.7. The molecule has 0 aliphatic heterocycles. The Morgan fingerprint density at radius 1 is 1.16 bits per heavy atom. The van der Waals surface area contributed by atoms with Crippen molar-refractivity contribution in [1.29, 1.82) is 0 Å². The lowest BCUT2D eigenvalue weighted by molar-refractivity contribution is 0.145. The molecule has 0 aliphatic rings. The van der Waals surface area contributed by atoms with Gasteiger partial charge in [-0.3, -0.25) is 0 Å². The van der Waals surface area contributed by atoms with Gasteiger partial charge in [-0.25, -0.2) is 0 Å². The van der Waals surface area contributed by atoms with Crippen molar-refractivity contribution in [2.75, 3.05) is 20.3 Å². The molecule has 102 valence electrons. The maximum Gasteiger partial charge on any atom is 0.124 e. The third kappa shape index (κ3) is 3.16. The van der Waals surface area contributed by atoms with Crippen LogP contribution in [0.15, 0.2) is 41.0 Å². The fraction of sp³-hybridized carbons (Fsp3) is 0.333. The molecule has 4 heteroatoms. The number of hydrogen-bond donors (Lipinski definition) is 1. The van der Waals surface area contributed by atoms with Gasteiger partial charge in [0, 0.05) is 18.2 Å². The molecule has 0 aliphatic carbocycles. The van der Waals surface area contributed by atoms with Gasteiger partial charge in [-0.1, -0.05) is 18.2 Å². The SMILES string of the molecule is COCCOc1ccccc1C(N)c1ccoc1C. The van der Waals surface area contributed by atoms with E-state index in [9.17, 15) is 0 Å². The molecule has 0 amide bonds. The second-order valence-corrected chi connectivity index (χ2v) is 4.29. The number of ether oxygens (including phenoxy) is 2. The van der Waals surface area contributed by atoms with E-state index < -0.39 is 0 Å². The normalized spacial score (nSPS) is 12.4. The average Bonchev–Trinajstić information content (AvgIpc) is 2.85. The predicted molar refractivity (Wildman–Crippen MR) is 73.3 cm³/mol. The highest BCUT2D eigenvalue weighted by atomic mass is 16.5. The van der Waals surface area contributed by atoms with Crippen molar-refractivity contribution in [3.8, 4) is 5.75 Å². The average molecular weight is 261 g/mol. The minimum Gasteiger partial charge on any atom is -0.491 e. The third-order valence-corrected chi connectivity index (χ3v) is 3.03. The molecule has 0 radical (unpaired) electrons. The molecule has 1 aromatic heterocycles. The standard InChI is InChI=1S/C15H19NO3/c1-11-12(7-8-18-11)15(16)13-5-3-4-6-14(13)19-10-9-17-2/h3-8,15H,9-10,16H2,1-2H3. The first-order valence-corrected chi connectivity index (χ1v) is 6.24. The Labute approximate surface area is 113 Å². The Bertz CT molecular complexity index is 522. The highest BCUT2D eigenvalue weighted by molar-refractivity contribution is 5.41. The zero-order valence-corrected chi connectivity index (χ0v) is 11.3. The molecule has 1 atom stereocenters. The molecule has 0 saturated heterocycles. The van der Waals surface area contributed by atoms with E-state index in [0.29, 0.717) is 13.2 Å². The summed E-state index contributed by atoms with van der Waals surface area (Å²) in [7, 11) is 1.65. The van der Waals surface area contributed by atoms with Crippen molar-refractivity contribution in [2.45, 2.75) is 13.0 Å². The Hall–Kier alpha value is -1.78. The number of rotatable bonds is 6. The minimum atomic E-state index is -0.252. The Kier molecular flexibility index (Phi) is 4.60. The van der Waals surface area contributed by atoms with Crippen molar-refractivity contribution < 1.29 is 13.9 Å². The molecule has 1 unspecified atom stereocenters. The van der Waals surface area contributed by atoms with Crippen LogP contribution in [0, 0.1) is 6.92 Å². The third-order valence-electron chi connectivity index (χ3n) is 3.03. The molecule has 2 aromatic rings. The summed E-state index contributed by atoms with van der Waals surface area (Å²) in [5, 5.41) is 0. The van der Waals surface area contributed by atoms with Crippen LogP contribution in [0.2, 0.25) is 0 Å². The maximum absolute atomic E-state index is 6.30. The second kappa shape index (κ2) is 6.41. The van der Waals surface area contributed by atoms with Gasteiger partial charge in [0.2, 0.25) is 0 Å². The molecule has 2 rings (SSSR count). The fourth-order valence-corrected chi connectivity index (χ4v) is 1.99. The summed E-state index contributed by atoms with van der Waals surface area (Å²) in [5.74, 6) is 1.62. The number of methoxy groups -OCH3 is 1. The molecule has 0 fully saturated rings. The van der Waals surface area contributed by atoms with E-state index in [1.54, 1.807) is 13.4 Å². The highest BCUT2D eigenvalue weighted by Gasteiger charge is 2.17. The summed E-state index contributed by atoms with van der Waals surface area (Å²) in [5.41, 5.74) is 8.22. The number of para-hydroxylation sites is 1. The van der Waals surface area contributed by atoms with Gasteiger partial charge >= 0.3 is 0 Å².